The van der Waals surface area contributed by atoms with Crippen molar-refractivity contribution in [1.82, 2.24) is 10.4 Å². The lowest BCUT2D eigenvalue weighted by Crippen LogP contribution is -2.29. The van der Waals surface area contributed by atoms with Crippen molar-refractivity contribution in [2.75, 3.05) is 0 Å². The summed E-state index contributed by atoms with van der Waals surface area (Å²) in [6.07, 6.45) is 1.81. The maximum atomic E-state index is 5.81. The second-order valence-electron chi connectivity index (χ2n) is 5.06. The van der Waals surface area contributed by atoms with Gasteiger partial charge >= 0.3 is 0 Å². The molecule has 0 fully saturated rings. The number of nitrogens with zero attached hydrogens (tertiary/aromatic N) is 1. The van der Waals surface area contributed by atoms with Crippen LogP contribution in [-0.2, 0) is 0 Å². The van der Waals surface area contributed by atoms with Gasteiger partial charge in [0, 0.05) is 16.1 Å². The molecule has 0 bridgehead atoms. The Morgan fingerprint density at radius 2 is 2.00 bits per heavy atom. The highest BCUT2D eigenvalue weighted by Crippen LogP contribution is 2.28. The summed E-state index contributed by atoms with van der Waals surface area (Å²) >= 11 is 3.53. The lowest BCUT2D eigenvalue weighted by molar-refractivity contribution is 0.634. The van der Waals surface area contributed by atoms with E-state index < -0.39 is 0 Å². The normalized spacial score (nSPS) is 12.5. The molecule has 0 saturated carbocycles. The minimum Gasteiger partial charge on any atom is -0.271 e. The first-order valence-electron chi connectivity index (χ1n) is 6.76. The smallest absolute Gasteiger partial charge is 0.0713 e. The van der Waals surface area contributed by atoms with Crippen LogP contribution >= 0.6 is 15.9 Å². The van der Waals surface area contributed by atoms with Crippen LogP contribution in [0.2, 0.25) is 0 Å². The Bertz CT molecular complexity index is 786. The Morgan fingerprint density at radius 1 is 1.14 bits per heavy atom. The number of halogens is 1. The van der Waals surface area contributed by atoms with Gasteiger partial charge in [0.1, 0.15) is 0 Å². The molecule has 4 heteroatoms. The fourth-order valence-corrected chi connectivity index (χ4v) is 2.93. The van der Waals surface area contributed by atoms with Crippen LogP contribution in [0, 0.1) is 6.92 Å². The maximum absolute atomic E-state index is 5.81. The van der Waals surface area contributed by atoms with E-state index in [0.717, 1.165) is 26.5 Å². The molecule has 1 heterocycles. The summed E-state index contributed by atoms with van der Waals surface area (Å²) in [6.45, 7) is 2.09. The molecule has 0 radical (unpaired) electrons. The molecule has 3 rings (SSSR count). The van der Waals surface area contributed by atoms with Crippen molar-refractivity contribution in [2.24, 2.45) is 5.84 Å². The van der Waals surface area contributed by atoms with Gasteiger partial charge in [0.15, 0.2) is 0 Å². The third-order valence-corrected chi connectivity index (χ3v) is 4.18. The van der Waals surface area contributed by atoms with E-state index in [9.17, 15) is 0 Å². The highest BCUT2D eigenvalue weighted by Gasteiger charge is 2.15. The first-order chi connectivity index (χ1) is 10.2. The monoisotopic (exact) mass is 341 g/mol. The lowest BCUT2D eigenvalue weighted by Gasteiger charge is -2.20. The Labute approximate surface area is 132 Å². The molecule has 3 aromatic rings. The Morgan fingerprint density at radius 3 is 2.81 bits per heavy atom. The summed E-state index contributed by atoms with van der Waals surface area (Å²) in [5.74, 6) is 5.81. The van der Waals surface area contributed by atoms with Crippen molar-refractivity contribution in [1.29, 1.82) is 0 Å². The molecule has 1 atom stereocenters. The highest BCUT2D eigenvalue weighted by molar-refractivity contribution is 9.10. The number of hydrogen-bond acceptors (Lipinski definition) is 3. The van der Waals surface area contributed by atoms with Gasteiger partial charge in [-0.3, -0.25) is 10.8 Å². The molecule has 0 saturated heterocycles. The topological polar surface area (TPSA) is 50.9 Å². The van der Waals surface area contributed by atoms with Crippen molar-refractivity contribution in [3.05, 3.63) is 75.9 Å². The fourth-order valence-electron chi connectivity index (χ4n) is 2.55. The molecule has 21 heavy (non-hydrogen) atoms. The van der Waals surface area contributed by atoms with Gasteiger partial charge in [0.25, 0.3) is 0 Å². The zero-order valence-electron chi connectivity index (χ0n) is 11.7. The Kier molecular flexibility index (Phi) is 4.01. The Hall–Kier alpha value is -1.75. The predicted octanol–water partition coefficient (Wildman–Crippen LogP) is 3.86. The van der Waals surface area contributed by atoms with E-state index in [1.807, 2.05) is 12.1 Å². The number of benzene rings is 2. The summed E-state index contributed by atoms with van der Waals surface area (Å²) in [4.78, 5) is 4.41. The van der Waals surface area contributed by atoms with Crippen LogP contribution in [0.1, 0.15) is 22.7 Å². The molecule has 0 spiro atoms. The van der Waals surface area contributed by atoms with Gasteiger partial charge in [-0.2, -0.15) is 0 Å². The van der Waals surface area contributed by atoms with Gasteiger partial charge in [0.2, 0.25) is 0 Å². The summed E-state index contributed by atoms with van der Waals surface area (Å²) in [7, 11) is 0. The van der Waals surface area contributed by atoms with Gasteiger partial charge in [-0.25, -0.2) is 5.43 Å². The molecular weight excluding hydrogens is 326 g/mol. The summed E-state index contributed by atoms with van der Waals surface area (Å²) in [5, 5.41) is 1.13. The largest absolute Gasteiger partial charge is 0.271 e. The second-order valence-corrected chi connectivity index (χ2v) is 5.97. The zero-order chi connectivity index (χ0) is 14.8. The number of aryl methyl sites for hydroxylation is 1. The van der Waals surface area contributed by atoms with Crippen molar-refractivity contribution >= 4 is 26.8 Å². The molecule has 0 aliphatic heterocycles. The molecule has 0 aliphatic rings. The van der Waals surface area contributed by atoms with Crippen LogP contribution in [0.4, 0.5) is 0 Å². The van der Waals surface area contributed by atoms with Crippen molar-refractivity contribution in [2.45, 2.75) is 13.0 Å². The molecule has 2 aromatic carbocycles. The SMILES string of the molecule is Cc1ccc(Br)cc1C(NN)c1ccc2cccnc2c1. The van der Waals surface area contributed by atoms with Crippen LogP contribution in [-0.4, -0.2) is 4.98 Å². The van der Waals surface area contributed by atoms with E-state index in [-0.39, 0.29) is 6.04 Å². The molecule has 1 unspecified atom stereocenters. The van der Waals surface area contributed by atoms with E-state index in [2.05, 4.69) is 69.7 Å². The van der Waals surface area contributed by atoms with E-state index in [0.29, 0.717) is 0 Å². The van der Waals surface area contributed by atoms with E-state index >= 15 is 0 Å². The molecule has 0 amide bonds. The number of rotatable bonds is 3. The van der Waals surface area contributed by atoms with Crippen LogP contribution < -0.4 is 11.3 Å². The molecule has 0 aliphatic carbocycles. The highest BCUT2D eigenvalue weighted by atomic mass is 79.9. The predicted molar refractivity (Wildman–Crippen MR) is 89.8 cm³/mol. The van der Waals surface area contributed by atoms with E-state index in [1.54, 1.807) is 6.20 Å². The summed E-state index contributed by atoms with van der Waals surface area (Å²) in [5.41, 5.74) is 7.35. The number of pyridine rings is 1. The summed E-state index contributed by atoms with van der Waals surface area (Å²) < 4.78 is 1.04. The number of aromatic nitrogens is 1. The van der Waals surface area contributed by atoms with Gasteiger partial charge in [0.05, 0.1) is 11.6 Å². The standard InChI is InChI=1S/C17H16BrN3/c1-11-4-7-14(18)10-15(11)17(21-19)13-6-5-12-3-2-8-20-16(12)9-13/h2-10,17,21H,19H2,1H3. The van der Waals surface area contributed by atoms with Crippen molar-refractivity contribution < 1.29 is 0 Å². The van der Waals surface area contributed by atoms with Gasteiger partial charge in [-0.1, -0.05) is 40.2 Å². The van der Waals surface area contributed by atoms with Crippen molar-refractivity contribution in [3.8, 4) is 0 Å². The average Bonchev–Trinajstić information content (AvgIpc) is 2.51. The summed E-state index contributed by atoms with van der Waals surface area (Å²) in [6, 6.07) is 16.4. The average molecular weight is 342 g/mol. The number of hydrogen-bond donors (Lipinski definition) is 2. The molecule has 106 valence electrons. The third kappa shape index (κ3) is 2.83. The third-order valence-electron chi connectivity index (χ3n) is 3.68. The van der Waals surface area contributed by atoms with Crippen LogP contribution in [0.15, 0.2) is 59.2 Å². The van der Waals surface area contributed by atoms with Gasteiger partial charge in [-0.05, 0) is 47.9 Å². The van der Waals surface area contributed by atoms with Crippen LogP contribution in [0.5, 0.6) is 0 Å². The van der Waals surface area contributed by atoms with Crippen LogP contribution in [0.3, 0.4) is 0 Å². The lowest BCUT2D eigenvalue weighted by atomic mass is 9.95. The van der Waals surface area contributed by atoms with Crippen LogP contribution in [0.25, 0.3) is 10.9 Å². The number of nitrogens with two attached hydrogens (primary N) is 1. The van der Waals surface area contributed by atoms with E-state index in [4.69, 9.17) is 5.84 Å². The van der Waals surface area contributed by atoms with Gasteiger partial charge < -0.3 is 0 Å². The minimum absolute atomic E-state index is 0.0612. The number of nitrogens with one attached hydrogen (secondary N) is 1. The van der Waals surface area contributed by atoms with Crippen molar-refractivity contribution in [3.63, 3.8) is 0 Å². The minimum atomic E-state index is -0.0612. The molecule has 3 nitrogen and oxygen atoms in total. The number of fused-ring (bicyclic) bond motifs is 1. The second kappa shape index (κ2) is 5.93. The van der Waals surface area contributed by atoms with E-state index in [1.165, 1.54) is 5.56 Å². The van der Waals surface area contributed by atoms with Gasteiger partial charge in [-0.15, -0.1) is 0 Å². The quantitative estimate of drug-likeness (QED) is 0.561. The zero-order valence-corrected chi connectivity index (χ0v) is 13.3. The molecule has 3 N–H and O–H groups in total. The maximum Gasteiger partial charge on any atom is 0.0713 e. The number of hydrazine groups is 1. The first kappa shape index (κ1) is 14.2. The molecule has 1 aromatic heterocycles. The first-order valence-corrected chi connectivity index (χ1v) is 7.55. The Balaban J connectivity index is 2.11. The molecular formula is C17H16BrN3. The fraction of sp³-hybridized carbons (Fsp3) is 0.118.